The lowest BCUT2D eigenvalue weighted by Crippen LogP contribution is -2.59. The molecule has 0 aromatic carbocycles. The molecule has 0 aliphatic carbocycles. The molecule has 20 heavy (non-hydrogen) atoms. The van der Waals surface area contributed by atoms with Crippen molar-refractivity contribution in [1.82, 2.24) is 9.88 Å². The average molecular weight is 342 g/mol. The van der Waals surface area contributed by atoms with E-state index < -0.39 is 6.09 Å². The number of hydrogen-bond donors (Lipinski definition) is 1. The van der Waals surface area contributed by atoms with Crippen LogP contribution in [-0.4, -0.2) is 46.8 Å². The molecule has 1 aliphatic rings. The highest BCUT2D eigenvalue weighted by Gasteiger charge is 2.38. The molecule has 1 aromatic heterocycles. The molecule has 0 saturated carbocycles. The fourth-order valence-corrected chi connectivity index (χ4v) is 2.91. The Balaban J connectivity index is 2.23. The van der Waals surface area contributed by atoms with Crippen molar-refractivity contribution in [1.29, 1.82) is 0 Å². The van der Waals surface area contributed by atoms with Crippen molar-refractivity contribution in [2.45, 2.75) is 26.8 Å². The van der Waals surface area contributed by atoms with E-state index in [0.717, 1.165) is 10.2 Å². The molecule has 110 valence electrons. The van der Waals surface area contributed by atoms with Crippen LogP contribution in [-0.2, 0) is 0 Å². The zero-order valence-corrected chi connectivity index (χ0v) is 13.6. The second kappa shape index (κ2) is 5.60. The average Bonchev–Trinajstić information content (AvgIpc) is 2.37. The number of rotatable bonds is 1. The van der Waals surface area contributed by atoms with E-state index in [0.29, 0.717) is 19.6 Å². The van der Waals surface area contributed by atoms with Crippen LogP contribution in [0.2, 0.25) is 0 Å². The van der Waals surface area contributed by atoms with E-state index in [2.05, 4.69) is 46.6 Å². The Kier molecular flexibility index (Phi) is 4.22. The summed E-state index contributed by atoms with van der Waals surface area (Å²) in [5.41, 5.74) is 0.926. The van der Waals surface area contributed by atoms with E-state index in [1.807, 2.05) is 12.3 Å². The maximum Gasteiger partial charge on any atom is 0.407 e. The lowest BCUT2D eigenvalue weighted by Gasteiger charge is -2.46. The molecule has 6 heteroatoms. The summed E-state index contributed by atoms with van der Waals surface area (Å²) in [6.07, 6.45) is 2.73. The van der Waals surface area contributed by atoms with Gasteiger partial charge in [-0.25, -0.2) is 4.79 Å². The van der Waals surface area contributed by atoms with E-state index in [1.54, 1.807) is 11.1 Å². The molecule has 1 aliphatic heterocycles. The molecule has 1 saturated heterocycles. The van der Waals surface area contributed by atoms with Gasteiger partial charge in [-0.3, -0.25) is 4.98 Å². The highest BCUT2D eigenvalue weighted by Crippen LogP contribution is 2.30. The second-order valence-electron chi connectivity index (χ2n) is 6.17. The topological polar surface area (TPSA) is 56.7 Å². The molecule has 1 N–H and O–H groups in total. The molecule has 1 atom stereocenters. The van der Waals surface area contributed by atoms with Crippen molar-refractivity contribution < 1.29 is 9.90 Å². The third kappa shape index (κ3) is 3.23. The maximum atomic E-state index is 11.4. The molecule has 5 nitrogen and oxygen atoms in total. The number of aromatic nitrogens is 1. The molecule has 0 spiro atoms. The first-order valence-corrected chi connectivity index (χ1v) is 7.43. The summed E-state index contributed by atoms with van der Waals surface area (Å²) < 4.78 is 0.933. The molecular weight excluding hydrogens is 322 g/mol. The predicted molar refractivity (Wildman–Crippen MR) is 82.1 cm³/mol. The van der Waals surface area contributed by atoms with Crippen molar-refractivity contribution in [3.05, 3.63) is 22.9 Å². The number of anilines is 1. The van der Waals surface area contributed by atoms with Crippen LogP contribution in [0.3, 0.4) is 0 Å². The predicted octanol–water partition coefficient (Wildman–Crippen LogP) is 3.06. The van der Waals surface area contributed by atoms with Crippen molar-refractivity contribution >= 4 is 27.7 Å². The normalized spacial score (nSPS) is 20.1. The van der Waals surface area contributed by atoms with Gasteiger partial charge in [-0.2, -0.15) is 0 Å². The van der Waals surface area contributed by atoms with Gasteiger partial charge in [0.1, 0.15) is 0 Å². The highest BCUT2D eigenvalue weighted by molar-refractivity contribution is 9.10. The Labute approximate surface area is 127 Å². The van der Waals surface area contributed by atoms with Gasteiger partial charge >= 0.3 is 6.09 Å². The van der Waals surface area contributed by atoms with Crippen LogP contribution in [0.4, 0.5) is 10.5 Å². The molecule has 0 bridgehead atoms. The van der Waals surface area contributed by atoms with Gasteiger partial charge in [0.2, 0.25) is 0 Å². The third-order valence-corrected chi connectivity index (χ3v) is 4.11. The lowest BCUT2D eigenvalue weighted by molar-refractivity contribution is 0.0748. The number of halogens is 1. The van der Waals surface area contributed by atoms with E-state index in [9.17, 15) is 9.90 Å². The first-order valence-electron chi connectivity index (χ1n) is 6.64. The minimum absolute atomic E-state index is 0.0345. The Morgan fingerprint density at radius 3 is 2.65 bits per heavy atom. The summed E-state index contributed by atoms with van der Waals surface area (Å²) in [6.45, 7) is 8.14. The molecule has 1 amide bonds. The zero-order chi connectivity index (χ0) is 14.9. The maximum absolute atomic E-state index is 11.4. The molecule has 2 rings (SSSR count). The molecular formula is C14H20BrN3O2. The number of nitrogens with zero attached hydrogens (tertiary/aromatic N) is 3. The summed E-state index contributed by atoms with van der Waals surface area (Å²) in [5.74, 6) is 0. The standard InChI is InChI=1S/C14H20BrN3O2/c1-14(2,3)12-9-17(4-5-18(12)13(19)20)11-6-10(15)7-16-8-11/h6-8,12H,4-5,9H2,1-3H3,(H,19,20). The van der Waals surface area contributed by atoms with Gasteiger partial charge in [0.05, 0.1) is 17.9 Å². The highest BCUT2D eigenvalue weighted by atomic mass is 79.9. The van der Waals surface area contributed by atoms with Crippen LogP contribution in [0.25, 0.3) is 0 Å². The number of carboxylic acid groups (broad SMARTS) is 1. The molecule has 1 aromatic rings. The Bertz CT molecular complexity index is 501. The Hall–Kier alpha value is -1.30. The van der Waals surface area contributed by atoms with E-state index in [1.165, 1.54) is 0 Å². The lowest BCUT2D eigenvalue weighted by atomic mass is 9.84. The van der Waals surface area contributed by atoms with Crippen molar-refractivity contribution in [3.8, 4) is 0 Å². The number of pyridine rings is 1. The van der Waals surface area contributed by atoms with Gasteiger partial charge in [0.15, 0.2) is 0 Å². The Morgan fingerprint density at radius 1 is 1.40 bits per heavy atom. The summed E-state index contributed by atoms with van der Waals surface area (Å²) in [6, 6.07) is 1.98. The number of hydrogen-bond acceptors (Lipinski definition) is 3. The zero-order valence-electron chi connectivity index (χ0n) is 12.0. The van der Waals surface area contributed by atoms with Gasteiger partial charge in [-0.05, 0) is 27.4 Å². The summed E-state index contributed by atoms with van der Waals surface area (Å²) in [5, 5.41) is 9.36. The van der Waals surface area contributed by atoms with E-state index >= 15 is 0 Å². The monoisotopic (exact) mass is 341 g/mol. The molecule has 1 fully saturated rings. The SMILES string of the molecule is CC(C)(C)C1CN(c2cncc(Br)c2)CCN1C(=O)O. The summed E-state index contributed by atoms with van der Waals surface area (Å²) in [7, 11) is 0. The third-order valence-electron chi connectivity index (χ3n) is 3.68. The first kappa shape index (κ1) is 15.1. The van der Waals surface area contributed by atoms with Crippen LogP contribution in [0.1, 0.15) is 20.8 Å². The number of carbonyl (C=O) groups is 1. The fraction of sp³-hybridized carbons (Fsp3) is 0.571. The molecule has 2 heterocycles. The smallest absolute Gasteiger partial charge is 0.407 e. The first-order chi connectivity index (χ1) is 9.29. The fourth-order valence-electron chi connectivity index (χ4n) is 2.56. The Morgan fingerprint density at radius 2 is 2.10 bits per heavy atom. The summed E-state index contributed by atoms with van der Waals surface area (Å²) in [4.78, 5) is 19.3. The van der Waals surface area contributed by atoms with E-state index in [-0.39, 0.29) is 11.5 Å². The van der Waals surface area contributed by atoms with Gasteiger partial charge in [0.25, 0.3) is 0 Å². The van der Waals surface area contributed by atoms with Crippen LogP contribution in [0.15, 0.2) is 22.9 Å². The van der Waals surface area contributed by atoms with Crippen LogP contribution in [0.5, 0.6) is 0 Å². The van der Waals surface area contributed by atoms with Crippen molar-refractivity contribution in [2.75, 3.05) is 24.5 Å². The quantitative estimate of drug-likeness (QED) is 0.852. The minimum atomic E-state index is -0.836. The number of piperazine rings is 1. The second-order valence-corrected chi connectivity index (χ2v) is 7.08. The van der Waals surface area contributed by atoms with E-state index in [4.69, 9.17) is 0 Å². The van der Waals surface area contributed by atoms with Gasteiger partial charge in [-0.1, -0.05) is 20.8 Å². The molecule has 0 radical (unpaired) electrons. The van der Waals surface area contributed by atoms with Gasteiger partial charge in [-0.15, -0.1) is 0 Å². The largest absolute Gasteiger partial charge is 0.465 e. The van der Waals surface area contributed by atoms with Gasteiger partial charge < -0.3 is 14.9 Å². The molecule has 1 unspecified atom stereocenters. The minimum Gasteiger partial charge on any atom is -0.465 e. The van der Waals surface area contributed by atoms with Crippen LogP contribution >= 0.6 is 15.9 Å². The van der Waals surface area contributed by atoms with Gasteiger partial charge in [0, 0.05) is 30.3 Å². The summed E-state index contributed by atoms with van der Waals surface area (Å²) >= 11 is 3.42. The van der Waals surface area contributed by atoms with Crippen molar-refractivity contribution in [2.24, 2.45) is 5.41 Å². The number of amides is 1. The van der Waals surface area contributed by atoms with Crippen molar-refractivity contribution in [3.63, 3.8) is 0 Å². The van der Waals surface area contributed by atoms with Crippen LogP contribution in [0, 0.1) is 5.41 Å². The van der Waals surface area contributed by atoms with Crippen LogP contribution < -0.4 is 4.90 Å².